The fourth-order valence-corrected chi connectivity index (χ4v) is 3.00. The van der Waals surface area contributed by atoms with Crippen molar-refractivity contribution in [2.45, 2.75) is 13.0 Å². The predicted molar refractivity (Wildman–Crippen MR) is 118 cm³/mol. The molecule has 3 aromatic rings. The molecule has 0 fully saturated rings. The molecule has 0 saturated carbocycles. The average Bonchev–Trinajstić information content (AvgIpc) is 2.73. The maximum absolute atomic E-state index is 12.3. The number of hydrogen-bond acceptors (Lipinski definition) is 4. The van der Waals surface area contributed by atoms with Crippen LogP contribution in [0.4, 0.5) is 0 Å². The summed E-state index contributed by atoms with van der Waals surface area (Å²) in [4.78, 5) is 12.3. The number of nitrogens with one attached hydrogen (secondary N) is 1. The Morgan fingerprint density at radius 2 is 2.00 bits per heavy atom. The molecule has 29 heavy (non-hydrogen) atoms. The van der Waals surface area contributed by atoms with Gasteiger partial charge in [0.1, 0.15) is 18.1 Å². The summed E-state index contributed by atoms with van der Waals surface area (Å²) in [7, 11) is 0. The second-order valence-corrected chi connectivity index (χ2v) is 7.09. The molecule has 0 aliphatic rings. The molecule has 6 heteroatoms. The number of carbonyl (C=O) groups is 1. The Bertz CT molecular complexity index is 1090. The van der Waals surface area contributed by atoms with Crippen LogP contribution in [0.15, 0.2) is 70.2 Å². The van der Waals surface area contributed by atoms with E-state index in [1.807, 2.05) is 54.6 Å². The van der Waals surface area contributed by atoms with Crippen LogP contribution >= 0.6 is 15.9 Å². The molecule has 3 rings (SSSR count). The summed E-state index contributed by atoms with van der Waals surface area (Å²) in [6.45, 7) is 1.81. The van der Waals surface area contributed by atoms with Crippen LogP contribution in [0.3, 0.4) is 0 Å². The number of carbonyl (C=O) groups excluding carboxylic acids is 1. The number of rotatable bonds is 7. The summed E-state index contributed by atoms with van der Waals surface area (Å²) in [6, 6.07) is 19.1. The first-order valence-electron chi connectivity index (χ1n) is 8.91. The normalized spacial score (nSPS) is 11.8. The van der Waals surface area contributed by atoms with Crippen molar-refractivity contribution in [2.75, 3.05) is 6.61 Å². The second kappa shape index (κ2) is 9.76. The van der Waals surface area contributed by atoms with Crippen molar-refractivity contribution in [3.63, 3.8) is 0 Å². The zero-order valence-corrected chi connectivity index (χ0v) is 17.3. The van der Waals surface area contributed by atoms with Crippen molar-refractivity contribution in [1.29, 1.82) is 0 Å². The predicted octanol–water partition coefficient (Wildman–Crippen LogP) is 4.53. The van der Waals surface area contributed by atoms with Gasteiger partial charge in [0.15, 0.2) is 6.10 Å². The molecule has 0 spiro atoms. The largest absolute Gasteiger partial charge is 0.481 e. The Labute approximate surface area is 177 Å². The third-order valence-electron chi connectivity index (χ3n) is 4.06. The summed E-state index contributed by atoms with van der Waals surface area (Å²) in [6.07, 6.45) is 6.02. The Morgan fingerprint density at radius 3 is 2.79 bits per heavy atom. The van der Waals surface area contributed by atoms with Crippen LogP contribution < -0.4 is 14.9 Å². The third kappa shape index (κ3) is 5.59. The van der Waals surface area contributed by atoms with E-state index in [-0.39, 0.29) is 12.5 Å². The van der Waals surface area contributed by atoms with Gasteiger partial charge in [0.25, 0.3) is 5.91 Å². The number of halogens is 1. The summed E-state index contributed by atoms with van der Waals surface area (Å²) in [5.74, 6) is 3.24. The second-order valence-electron chi connectivity index (χ2n) is 6.18. The first kappa shape index (κ1) is 20.4. The van der Waals surface area contributed by atoms with E-state index >= 15 is 0 Å². The lowest BCUT2D eigenvalue weighted by molar-refractivity contribution is -0.127. The van der Waals surface area contributed by atoms with Gasteiger partial charge in [-0.3, -0.25) is 4.79 Å². The zero-order chi connectivity index (χ0) is 20.6. The fraction of sp³-hybridized carbons (Fsp3) is 0.130. The molecule has 0 saturated heterocycles. The van der Waals surface area contributed by atoms with Gasteiger partial charge in [0.2, 0.25) is 0 Å². The molecule has 0 heterocycles. The van der Waals surface area contributed by atoms with Crippen molar-refractivity contribution >= 4 is 38.8 Å². The first-order chi connectivity index (χ1) is 14.1. The van der Waals surface area contributed by atoms with Gasteiger partial charge in [-0.1, -0.05) is 52.2 Å². The number of terminal acetylenes is 1. The van der Waals surface area contributed by atoms with Crippen molar-refractivity contribution in [1.82, 2.24) is 5.43 Å². The van der Waals surface area contributed by atoms with Crippen LogP contribution in [0.1, 0.15) is 12.5 Å². The van der Waals surface area contributed by atoms with E-state index in [0.717, 1.165) is 15.2 Å². The van der Waals surface area contributed by atoms with Gasteiger partial charge in [-0.15, -0.1) is 6.42 Å². The molecule has 146 valence electrons. The minimum absolute atomic E-state index is 0.144. The van der Waals surface area contributed by atoms with Crippen molar-refractivity contribution in [2.24, 2.45) is 5.10 Å². The SMILES string of the molecule is C#CCOc1ccc(Br)cc1/C=N\NC(=O)[C@@H](C)Oc1ccc2ccccc2c1. The van der Waals surface area contributed by atoms with Gasteiger partial charge in [0, 0.05) is 10.0 Å². The molecule has 3 aromatic carbocycles. The summed E-state index contributed by atoms with van der Waals surface area (Å²) in [5, 5.41) is 6.16. The maximum Gasteiger partial charge on any atom is 0.280 e. The van der Waals surface area contributed by atoms with E-state index in [1.165, 1.54) is 6.21 Å². The van der Waals surface area contributed by atoms with Gasteiger partial charge in [-0.05, 0) is 48.0 Å². The highest BCUT2D eigenvalue weighted by atomic mass is 79.9. The number of ether oxygens (including phenoxy) is 2. The van der Waals surface area contributed by atoms with Crippen molar-refractivity contribution in [3.8, 4) is 23.8 Å². The number of nitrogens with zero attached hydrogens (tertiary/aromatic N) is 1. The third-order valence-corrected chi connectivity index (χ3v) is 4.56. The monoisotopic (exact) mass is 450 g/mol. The van der Waals surface area contributed by atoms with Gasteiger partial charge in [0.05, 0.1) is 6.21 Å². The Kier molecular flexibility index (Phi) is 6.88. The first-order valence-corrected chi connectivity index (χ1v) is 9.70. The number of fused-ring (bicyclic) bond motifs is 1. The summed E-state index contributed by atoms with van der Waals surface area (Å²) in [5.41, 5.74) is 3.16. The molecule has 0 aliphatic carbocycles. The van der Waals surface area contributed by atoms with Gasteiger partial charge >= 0.3 is 0 Å². The molecule has 1 amide bonds. The quantitative estimate of drug-likeness (QED) is 0.326. The number of amides is 1. The van der Waals surface area contributed by atoms with E-state index in [1.54, 1.807) is 13.0 Å². The maximum atomic E-state index is 12.3. The molecule has 0 aromatic heterocycles. The molecular formula is C23H19BrN2O3. The minimum atomic E-state index is -0.715. The van der Waals surface area contributed by atoms with Crippen molar-refractivity contribution < 1.29 is 14.3 Å². The van der Waals surface area contributed by atoms with E-state index in [0.29, 0.717) is 17.1 Å². The Hall–Kier alpha value is -3.30. The number of benzene rings is 3. The Balaban J connectivity index is 1.62. The number of hydrazone groups is 1. The highest BCUT2D eigenvalue weighted by Gasteiger charge is 2.14. The van der Waals surface area contributed by atoms with Crippen LogP contribution in [-0.2, 0) is 4.79 Å². The van der Waals surface area contributed by atoms with Crippen LogP contribution in [-0.4, -0.2) is 24.8 Å². The minimum Gasteiger partial charge on any atom is -0.481 e. The van der Waals surface area contributed by atoms with E-state index < -0.39 is 6.10 Å². The fourth-order valence-electron chi connectivity index (χ4n) is 2.63. The van der Waals surface area contributed by atoms with Crippen LogP contribution in [0.5, 0.6) is 11.5 Å². The van der Waals surface area contributed by atoms with Gasteiger partial charge in [-0.2, -0.15) is 5.10 Å². The van der Waals surface area contributed by atoms with Gasteiger partial charge in [-0.25, -0.2) is 5.43 Å². The van der Waals surface area contributed by atoms with E-state index in [9.17, 15) is 4.79 Å². The topological polar surface area (TPSA) is 59.9 Å². The molecule has 0 bridgehead atoms. The lowest BCUT2D eigenvalue weighted by atomic mass is 10.1. The lowest BCUT2D eigenvalue weighted by Gasteiger charge is -2.13. The van der Waals surface area contributed by atoms with Gasteiger partial charge < -0.3 is 9.47 Å². The van der Waals surface area contributed by atoms with Crippen molar-refractivity contribution in [3.05, 3.63) is 70.7 Å². The molecule has 5 nitrogen and oxygen atoms in total. The van der Waals surface area contributed by atoms with Crippen LogP contribution in [0.25, 0.3) is 10.8 Å². The van der Waals surface area contributed by atoms with Crippen LogP contribution in [0, 0.1) is 12.3 Å². The lowest BCUT2D eigenvalue weighted by Crippen LogP contribution is -2.33. The van der Waals surface area contributed by atoms with E-state index in [4.69, 9.17) is 15.9 Å². The highest BCUT2D eigenvalue weighted by Crippen LogP contribution is 2.22. The summed E-state index contributed by atoms with van der Waals surface area (Å²) >= 11 is 3.40. The number of hydrogen-bond donors (Lipinski definition) is 1. The highest BCUT2D eigenvalue weighted by molar-refractivity contribution is 9.10. The average molecular weight is 451 g/mol. The molecule has 0 unspecified atom stereocenters. The molecule has 1 atom stereocenters. The van der Waals surface area contributed by atoms with E-state index in [2.05, 4.69) is 32.4 Å². The Morgan fingerprint density at radius 1 is 1.21 bits per heavy atom. The molecular weight excluding hydrogens is 432 g/mol. The molecule has 0 aliphatic heterocycles. The molecule has 1 N–H and O–H groups in total. The summed E-state index contributed by atoms with van der Waals surface area (Å²) < 4.78 is 12.1. The zero-order valence-electron chi connectivity index (χ0n) is 15.8. The van der Waals surface area contributed by atoms with Crippen LogP contribution in [0.2, 0.25) is 0 Å². The smallest absolute Gasteiger partial charge is 0.280 e. The standard InChI is InChI=1S/C23H19BrN2O3/c1-3-12-28-22-11-9-20(24)13-19(22)15-25-26-23(27)16(2)29-21-10-8-17-6-4-5-7-18(17)14-21/h1,4-11,13-16H,12H2,2H3,(H,26,27)/b25-15-/t16-/m1/s1. The molecule has 0 radical (unpaired) electrons.